The molecule has 5 atom stereocenters. The standard InChI is InChI=1S/C9H21N3.C9H20N2O2.C9H20N2O.C9H20N2.4C8H18N2O.C7H17N3O/c1-7(2)11-9(4)12(5)6-8(3)10;1-7(2)10-8(12)11(5)6-9(3,4)13;1-7(2)10-9(4)11(5)6-8(3)12;1-6-7-11(5)9(4)10-8(2)3;1-7(2)9-8(3)10(4)5-6-11;2*1-6(2)10-8(4)9-5-7(3)11;1-5-10(6-2)8(11)9-7(3)4;1-5(2)10-7(11)9-4-6(3)8/h7-8,11H,4,6,10H2,1-3,5H3;7,13H,6H2,1-5H3,(H,10,12);7-8,10,12H,4,6H2,1-3,5H3;8,10H,4,6-7H2,1-3,5H3;7,9,11H,3,5-6H2,1-2,4H3;2*6-7,9-11H,4-5H2,1-3H3;7H,5-6H2,1-4H3,(H,9,11);5-6H,4,8H2,1-3H3,(H2,9,10,11). The molecule has 0 bridgehead atoms. The van der Waals surface area contributed by atoms with E-state index in [4.69, 9.17) is 31.9 Å². The summed E-state index contributed by atoms with van der Waals surface area (Å²) >= 11 is 0. The van der Waals surface area contributed by atoms with Crippen LogP contribution in [0.4, 0.5) is 14.4 Å². The van der Waals surface area contributed by atoms with E-state index in [1.54, 1.807) is 46.6 Å². The highest BCUT2D eigenvalue weighted by atomic mass is 16.3. The van der Waals surface area contributed by atoms with Crippen molar-refractivity contribution in [1.29, 1.82) is 0 Å². The summed E-state index contributed by atoms with van der Waals surface area (Å²) < 4.78 is 0. The van der Waals surface area contributed by atoms with Gasteiger partial charge in [0.2, 0.25) is 0 Å². The van der Waals surface area contributed by atoms with Crippen molar-refractivity contribution in [2.45, 2.75) is 291 Å². The van der Waals surface area contributed by atoms with Crippen LogP contribution in [0.1, 0.15) is 200 Å². The molecule has 0 aromatic heterocycles. The van der Waals surface area contributed by atoms with E-state index >= 15 is 0 Å². The van der Waals surface area contributed by atoms with E-state index in [2.05, 4.69) is 178 Å². The Morgan fingerprint density at radius 1 is 0.388 bits per heavy atom. The first kappa shape index (κ1) is 115. The van der Waals surface area contributed by atoms with Crippen molar-refractivity contribution in [3.63, 3.8) is 0 Å². The fourth-order valence-corrected chi connectivity index (χ4v) is 7.34. The summed E-state index contributed by atoms with van der Waals surface area (Å²) in [4.78, 5) is 44.6. The van der Waals surface area contributed by atoms with Crippen molar-refractivity contribution < 1.29 is 39.9 Å². The third-order valence-corrected chi connectivity index (χ3v) is 11.8. The molecule has 0 radical (unpaired) electrons. The third-order valence-electron chi connectivity index (χ3n) is 11.8. The number of urea groups is 3. The molecule has 0 saturated carbocycles. The van der Waals surface area contributed by atoms with Crippen LogP contribution in [0.3, 0.4) is 0 Å². The third kappa shape index (κ3) is 99.8. The van der Waals surface area contributed by atoms with Gasteiger partial charge in [0.15, 0.2) is 0 Å². The SMILES string of the molecule is C=C(NC(C)C)N(C)CC(C)N.C=C(NC(C)C)N(C)CC(C)O.C=C(NC(C)C)N(C)CCC.C=C(NC(C)C)N(C)CCO.C=C(NCC(C)O)NC(C)C.C=C(NCC(C)O)NC(C)C.CC(C)NC(=O)N(C)CC(C)(C)O.CC(N)CNC(=O)NC(C)C.CCN(CC)C(=O)NC(C)C. The Bertz CT molecular complexity index is 1960. The lowest BCUT2D eigenvalue weighted by Crippen LogP contribution is -2.46. The number of carbonyl (C=O) groups excluding carboxylic acids is 3. The molecule has 618 valence electrons. The summed E-state index contributed by atoms with van der Waals surface area (Å²) in [7, 11) is 9.51. The summed E-state index contributed by atoms with van der Waals surface area (Å²) in [6.07, 6.45) is 0.178. The molecule has 0 aromatic carbocycles. The number of rotatable bonds is 39. The Balaban J connectivity index is -0.000000138. The maximum absolute atomic E-state index is 11.3. The zero-order chi connectivity index (χ0) is 83.2. The average Bonchev–Trinajstić information content (AvgIpc) is 0.925. The van der Waals surface area contributed by atoms with Crippen molar-refractivity contribution >= 4 is 18.1 Å². The van der Waals surface area contributed by atoms with Crippen molar-refractivity contribution in [3.05, 3.63) is 74.4 Å². The van der Waals surface area contributed by atoms with E-state index in [9.17, 15) is 19.5 Å². The Morgan fingerprint density at radius 3 is 0.942 bits per heavy atom. The van der Waals surface area contributed by atoms with Gasteiger partial charge >= 0.3 is 18.1 Å². The smallest absolute Gasteiger partial charge is 0.317 e. The summed E-state index contributed by atoms with van der Waals surface area (Å²) in [5.74, 6) is 5.19. The highest BCUT2D eigenvalue weighted by Crippen LogP contribution is 2.04. The fraction of sp³-hybridized carbons (Fsp3) is 0.800. The molecule has 0 rings (SSSR count). The molecule has 0 aliphatic heterocycles. The van der Waals surface area contributed by atoms with Gasteiger partial charge in [0.25, 0.3) is 0 Å². The second-order valence-corrected chi connectivity index (χ2v) is 29.2. The van der Waals surface area contributed by atoms with Gasteiger partial charge in [0.1, 0.15) is 0 Å². The van der Waals surface area contributed by atoms with Crippen molar-refractivity contribution in [2.75, 3.05) is 107 Å². The van der Waals surface area contributed by atoms with Gasteiger partial charge in [-0.05, 0) is 193 Å². The van der Waals surface area contributed by atoms with Gasteiger partial charge in [-0.15, -0.1) is 0 Å². The lowest BCUT2D eigenvalue weighted by Gasteiger charge is -2.26. The molecule has 103 heavy (non-hydrogen) atoms. The van der Waals surface area contributed by atoms with Gasteiger partial charge in [0.05, 0.1) is 72.0 Å². The Morgan fingerprint density at radius 2 is 0.689 bits per heavy atom. The van der Waals surface area contributed by atoms with E-state index in [0.29, 0.717) is 75.5 Å². The molecule has 0 spiro atoms. The second kappa shape index (κ2) is 69.9. The van der Waals surface area contributed by atoms with Crippen molar-refractivity contribution in [2.24, 2.45) is 11.5 Å². The Kier molecular flexibility index (Phi) is 78.1. The molecular weight excluding hydrogens is 1310 g/mol. The van der Waals surface area contributed by atoms with Crippen LogP contribution in [0.5, 0.6) is 0 Å². The average molecular weight is 1480 g/mol. The van der Waals surface area contributed by atoms with Gasteiger partial charge in [-0.2, -0.15) is 0 Å². The molecule has 21 N–H and O–H groups in total. The van der Waals surface area contributed by atoms with Crippen LogP contribution in [-0.4, -0.2) is 271 Å². The van der Waals surface area contributed by atoms with Crippen LogP contribution in [0.25, 0.3) is 0 Å². The van der Waals surface area contributed by atoms with Gasteiger partial charge in [0, 0.05) is 161 Å². The number of aliphatic hydroxyl groups is 5. The number of hydrogen-bond acceptors (Lipinski definition) is 22. The van der Waals surface area contributed by atoms with Crippen LogP contribution in [0, 0.1) is 0 Å². The summed E-state index contributed by atoms with van der Waals surface area (Å²) in [5.41, 5.74) is 10.2. The number of carbonyl (C=O) groups is 3. The number of nitrogens with zero attached hydrogens (tertiary/aromatic N) is 6. The predicted octanol–water partition coefficient (Wildman–Crippen LogP) is 6.83. The van der Waals surface area contributed by atoms with Crippen molar-refractivity contribution in [1.82, 2.24) is 93.2 Å². The molecule has 28 heteroatoms. The molecule has 5 unspecified atom stereocenters. The fourth-order valence-electron chi connectivity index (χ4n) is 7.34. The van der Waals surface area contributed by atoms with E-state index in [1.807, 2.05) is 133 Å². The topological polar surface area (TPSA) is 368 Å². The predicted molar refractivity (Wildman–Crippen MR) is 442 cm³/mol. The Hall–Kier alpha value is -6.43. The number of hydrogen-bond donors (Lipinski definition) is 19. The lowest BCUT2D eigenvalue weighted by atomic mass is 10.1. The normalized spacial score (nSPS) is 11.7. The van der Waals surface area contributed by atoms with Crippen LogP contribution in [0.2, 0.25) is 0 Å². The van der Waals surface area contributed by atoms with Gasteiger partial charge in [-0.3, -0.25) is 0 Å². The minimum Gasteiger partial charge on any atom is -0.395 e. The largest absolute Gasteiger partial charge is 0.395 e. The summed E-state index contributed by atoms with van der Waals surface area (Å²) in [6, 6.07) is 2.86. The van der Waals surface area contributed by atoms with Gasteiger partial charge in [-0.25, -0.2) is 14.4 Å². The number of amides is 6. The first-order chi connectivity index (χ1) is 46.9. The highest BCUT2D eigenvalue weighted by Gasteiger charge is 2.19. The van der Waals surface area contributed by atoms with E-state index in [0.717, 1.165) is 67.5 Å². The minimum atomic E-state index is -0.844. The molecule has 0 heterocycles. The summed E-state index contributed by atoms with van der Waals surface area (Å²) in [6.45, 7) is 84.6. The lowest BCUT2D eigenvalue weighted by molar-refractivity contribution is 0.0529. The quantitative estimate of drug-likeness (QED) is 0.0300. The monoisotopic (exact) mass is 1480 g/mol. The number of aliphatic hydroxyl groups excluding tert-OH is 4. The molecule has 0 aliphatic carbocycles. The first-order valence-electron chi connectivity index (χ1n) is 37.0. The number of likely N-dealkylation sites (N-methyl/N-ethyl adjacent to an activating group) is 4. The molecule has 0 saturated heterocycles. The second-order valence-electron chi connectivity index (χ2n) is 29.2. The van der Waals surface area contributed by atoms with Gasteiger partial charge in [-0.1, -0.05) is 46.4 Å². The van der Waals surface area contributed by atoms with Crippen LogP contribution < -0.4 is 75.3 Å². The first-order valence-corrected chi connectivity index (χ1v) is 37.0. The maximum atomic E-state index is 11.3. The van der Waals surface area contributed by atoms with Gasteiger partial charge < -0.3 is 130 Å². The van der Waals surface area contributed by atoms with Crippen LogP contribution >= 0.6 is 0 Å². The van der Waals surface area contributed by atoms with Crippen molar-refractivity contribution in [3.8, 4) is 0 Å². The molecule has 0 aliphatic rings. The zero-order valence-electron chi connectivity index (χ0n) is 72.1. The molecule has 28 nitrogen and oxygen atoms in total. The van der Waals surface area contributed by atoms with Crippen LogP contribution in [0.15, 0.2) is 74.4 Å². The Labute approximate surface area is 632 Å². The van der Waals surface area contributed by atoms with E-state index in [1.165, 1.54) is 4.90 Å². The van der Waals surface area contributed by atoms with E-state index in [-0.39, 0.29) is 73.2 Å². The maximum Gasteiger partial charge on any atom is 0.317 e. The van der Waals surface area contributed by atoms with E-state index < -0.39 is 5.60 Å². The molecule has 6 amide bonds. The molecular formula is C75H170N20O8. The summed E-state index contributed by atoms with van der Waals surface area (Å²) in [5, 5.41) is 80.7. The highest BCUT2D eigenvalue weighted by molar-refractivity contribution is 5.75. The minimum absolute atomic E-state index is 0.00733. The number of nitrogens with one attached hydrogen (secondary N) is 12. The molecule has 0 fully saturated rings. The van der Waals surface area contributed by atoms with Crippen LogP contribution in [-0.2, 0) is 0 Å². The molecule has 0 aromatic rings. The number of nitrogens with two attached hydrogens (primary N) is 2. The zero-order valence-corrected chi connectivity index (χ0v) is 72.1.